The summed E-state index contributed by atoms with van der Waals surface area (Å²) < 4.78 is 20.3. The molecule has 2 aromatic carbocycles. The second-order valence-corrected chi connectivity index (χ2v) is 5.65. The van der Waals surface area contributed by atoms with Crippen LogP contribution in [-0.4, -0.2) is 36.0 Å². The lowest BCUT2D eigenvalue weighted by Gasteiger charge is -2.21. The van der Waals surface area contributed by atoms with Crippen molar-refractivity contribution in [1.82, 2.24) is 14.8 Å². The van der Waals surface area contributed by atoms with E-state index in [4.69, 9.17) is 4.74 Å². The summed E-state index contributed by atoms with van der Waals surface area (Å²) in [5.41, 5.74) is 1.76. The van der Waals surface area contributed by atoms with Crippen molar-refractivity contribution in [2.24, 2.45) is 7.05 Å². The highest BCUT2D eigenvalue weighted by molar-refractivity contribution is 5.62. The lowest BCUT2D eigenvalue weighted by atomic mass is 10.3. The molecule has 0 aliphatic rings. The number of hydrogen-bond acceptors (Lipinski definition) is 5. The van der Waals surface area contributed by atoms with Gasteiger partial charge in [-0.05, 0) is 36.4 Å². The Balaban J connectivity index is 1.91. The standard InChI is InChI=1S/C18H20FN5O/c1-22(14-10-8-13(19)9-11-14)17-20-21-18(24(17)3)23(2)15-6-5-7-16(12-15)25-4/h5-12H,1-4H3. The average molecular weight is 341 g/mol. The SMILES string of the molecule is COc1cccc(N(C)c2nnc(N(C)c3ccc(F)cc3)n2C)c1. The number of nitrogens with zero attached hydrogens (tertiary/aromatic N) is 5. The first-order chi connectivity index (χ1) is 12.0. The molecule has 0 aliphatic heterocycles. The Morgan fingerprint density at radius 2 is 1.52 bits per heavy atom. The summed E-state index contributed by atoms with van der Waals surface area (Å²) in [7, 11) is 7.31. The van der Waals surface area contributed by atoms with Gasteiger partial charge in [-0.3, -0.25) is 4.57 Å². The van der Waals surface area contributed by atoms with E-state index in [2.05, 4.69) is 10.2 Å². The van der Waals surface area contributed by atoms with Crippen molar-refractivity contribution in [2.75, 3.05) is 31.0 Å². The monoisotopic (exact) mass is 341 g/mol. The number of anilines is 4. The van der Waals surface area contributed by atoms with Crippen molar-refractivity contribution in [2.45, 2.75) is 0 Å². The Bertz CT molecular complexity index is 862. The molecule has 0 atom stereocenters. The van der Waals surface area contributed by atoms with Crippen molar-refractivity contribution in [1.29, 1.82) is 0 Å². The van der Waals surface area contributed by atoms with E-state index in [-0.39, 0.29) is 5.82 Å². The number of benzene rings is 2. The van der Waals surface area contributed by atoms with Crippen molar-refractivity contribution in [3.8, 4) is 5.75 Å². The summed E-state index contributed by atoms with van der Waals surface area (Å²) in [5.74, 6) is 1.83. The number of ether oxygens (including phenoxy) is 1. The minimum absolute atomic E-state index is 0.270. The number of rotatable bonds is 5. The van der Waals surface area contributed by atoms with Gasteiger partial charge in [-0.25, -0.2) is 4.39 Å². The van der Waals surface area contributed by atoms with Crippen molar-refractivity contribution >= 4 is 23.3 Å². The Kier molecular flexibility index (Phi) is 4.56. The molecule has 3 rings (SSSR count). The van der Waals surface area contributed by atoms with E-state index in [1.54, 1.807) is 19.2 Å². The molecule has 0 N–H and O–H groups in total. The zero-order valence-corrected chi connectivity index (χ0v) is 14.6. The van der Waals surface area contributed by atoms with E-state index in [9.17, 15) is 4.39 Å². The summed E-state index contributed by atoms with van der Waals surface area (Å²) >= 11 is 0. The van der Waals surface area contributed by atoms with Gasteiger partial charge in [0.2, 0.25) is 11.9 Å². The summed E-state index contributed by atoms with van der Waals surface area (Å²) in [6.45, 7) is 0. The molecule has 0 aliphatic carbocycles. The third-order valence-corrected chi connectivity index (χ3v) is 4.08. The normalized spacial score (nSPS) is 10.6. The molecule has 0 unspecified atom stereocenters. The van der Waals surface area contributed by atoms with Crippen LogP contribution in [0.2, 0.25) is 0 Å². The molecule has 0 fully saturated rings. The molecule has 1 aromatic heterocycles. The van der Waals surface area contributed by atoms with E-state index >= 15 is 0 Å². The number of methoxy groups -OCH3 is 1. The van der Waals surface area contributed by atoms with Crippen LogP contribution in [-0.2, 0) is 7.05 Å². The maximum atomic E-state index is 13.1. The van der Waals surface area contributed by atoms with Crippen LogP contribution in [0.15, 0.2) is 48.5 Å². The Morgan fingerprint density at radius 3 is 2.12 bits per heavy atom. The third kappa shape index (κ3) is 3.26. The van der Waals surface area contributed by atoms with Gasteiger partial charge in [0.15, 0.2) is 0 Å². The molecule has 130 valence electrons. The van der Waals surface area contributed by atoms with E-state index in [0.29, 0.717) is 11.9 Å². The maximum Gasteiger partial charge on any atom is 0.232 e. The van der Waals surface area contributed by atoms with E-state index in [1.165, 1.54) is 12.1 Å². The predicted octanol–water partition coefficient (Wildman–Crippen LogP) is 3.50. The minimum atomic E-state index is -0.270. The van der Waals surface area contributed by atoms with Gasteiger partial charge in [0.1, 0.15) is 11.6 Å². The quantitative estimate of drug-likeness (QED) is 0.711. The average Bonchev–Trinajstić information content (AvgIpc) is 3.02. The molecule has 25 heavy (non-hydrogen) atoms. The van der Waals surface area contributed by atoms with Crippen LogP contribution >= 0.6 is 0 Å². The van der Waals surface area contributed by atoms with Gasteiger partial charge in [0.25, 0.3) is 0 Å². The molecule has 0 saturated carbocycles. The molecule has 0 spiro atoms. The third-order valence-electron chi connectivity index (χ3n) is 4.08. The molecular formula is C18H20FN5O. The van der Waals surface area contributed by atoms with E-state index < -0.39 is 0 Å². The highest BCUT2D eigenvalue weighted by Crippen LogP contribution is 2.29. The van der Waals surface area contributed by atoms with Crippen LogP contribution in [0.25, 0.3) is 0 Å². The minimum Gasteiger partial charge on any atom is -0.497 e. The van der Waals surface area contributed by atoms with Crippen LogP contribution in [0.3, 0.4) is 0 Å². The highest BCUT2D eigenvalue weighted by atomic mass is 19.1. The molecule has 7 heteroatoms. The molecule has 0 amide bonds. The van der Waals surface area contributed by atoms with Crippen LogP contribution < -0.4 is 14.5 Å². The van der Waals surface area contributed by atoms with Crippen molar-refractivity contribution in [3.63, 3.8) is 0 Å². The lowest BCUT2D eigenvalue weighted by Crippen LogP contribution is -2.18. The first kappa shape index (κ1) is 16.8. The van der Waals surface area contributed by atoms with Gasteiger partial charge in [0.05, 0.1) is 7.11 Å². The summed E-state index contributed by atoms with van der Waals surface area (Å²) in [6, 6.07) is 14.0. The smallest absolute Gasteiger partial charge is 0.232 e. The molecule has 3 aromatic rings. The predicted molar refractivity (Wildman–Crippen MR) is 96.5 cm³/mol. The molecule has 6 nitrogen and oxygen atoms in total. The van der Waals surface area contributed by atoms with Gasteiger partial charge in [-0.15, -0.1) is 10.2 Å². The molecular weight excluding hydrogens is 321 g/mol. The Morgan fingerprint density at radius 1 is 0.920 bits per heavy atom. The van der Waals surface area contributed by atoms with Gasteiger partial charge in [0, 0.05) is 38.6 Å². The van der Waals surface area contributed by atoms with Gasteiger partial charge in [-0.2, -0.15) is 0 Å². The van der Waals surface area contributed by atoms with Crippen molar-refractivity contribution in [3.05, 3.63) is 54.3 Å². The fourth-order valence-corrected chi connectivity index (χ4v) is 2.61. The van der Waals surface area contributed by atoms with Gasteiger partial charge < -0.3 is 14.5 Å². The molecule has 0 radical (unpaired) electrons. The molecule has 1 heterocycles. The Hall–Kier alpha value is -3.09. The summed E-state index contributed by atoms with van der Waals surface area (Å²) in [5, 5.41) is 8.57. The van der Waals surface area contributed by atoms with Crippen LogP contribution in [0, 0.1) is 5.82 Å². The van der Waals surface area contributed by atoms with Crippen LogP contribution in [0.1, 0.15) is 0 Å². The lowest BCUT2D eigenvalue weighted by molar-refractivity contribution is 0.415. The van der Waals surface area contributed by atoms with Crippen LogP contribution in [0.4, 0.5) is 27.7 Å². The fourth-order valence-electron chi connectivity index (χ4n) is 2.61. The van der Waals surface area contributed by atoms with E-state index in [1.807, 2.05) is 59.8 Å². The highest BCUT2D eigenvalue weighted by Gasteiger charge is 2.18. The van der Waals surface area contributed by atoms with Gasteiger partial charge >= 0.3 is 0 Å². The first-order valence-electron chi connectivity index (χ1n) is 7.77. The number of halogens is 1. The first-order valence-corrected chi connectivity index (χ1v) is 7.77. The maximum absolute atomic E-state index is 13.1. The van der Waals surface area contributed by atoms with Gasteiger partial charge in [-0.1, -0.05) is 6.07 Å². The van der Waals surface area contributed by atoms with Crippen LogP contribution in [0.5, 0.6) is 5.75 Å². The fraction of sp³-hybridized carbons (Fsp3) is 0.222. The summed E-state index contributed by atoms with van der Waals surface area (Å²) in [4.78, 5) is 3.78. The number of hydrogen-bond donors (Lipinski definition) is 0. The topological polar surface area (TPSA) is 46.4 Å². The zero-order chi connectivity index (χ0) is 18.0. The molecule has 0 saturated heterocycles. The van der Waals surface area contributed by atoms with Crippen molar-refractivity contribution < 1.29 is 9.13 Å². The second kappa shape index (κ2) is 6.80. The second-order valence-electron chi connectivity index (χ2n) is 5.65. The summed E-state index contributed by atoms with van der Waals surface area (Å²) in [6.07, 6.45) is 0. The number of aromatic nitrogens is 3. The molecule has 0 bridgehead atoms. The Labute approximate surface area is 146 Å². The van der Waals surface area contributed by atoms with E-state index in [0.717, 1.165) is 17.1 Å². The largest absolute Gasteiger partial charge is 0.497 e. The zero-order valence-electron chi connectivity index (χ0n) is 14.6.